The summed E-state index contributed by atoms with van der Waals surface area (Å²) in [5.41, 5.74) is 5.51. The molecule has 0 aromatic carbocycles. The maximum Gasteiger partial charge on any atom is 0.218 e. The van der Waals surface area contributed by atoms with Crippen LogP contribution in [0.4, 0.5) is 82.4 Å². The highest BCUT2D eigenvalue weighted by Gasteiger charge is 2.27. The number of hydrogen-bond donors (Lipinski definition) is 6. The van der Waals surface area contributed by atoms with Crippen molar-refractivity contribution in [1.82, 2.24) is 124 Å². The summed E-state index contributed by atoms with van der Waals surface area (Å²) >= 11 is 7.91. The largest absolute Gasteiger partial charge is 0.476 e. The number of alkyl halides is 1. The van der Waals surface area contributed by atoms with Crippen LogP contribution in [-0.4, -0.2) is 313 Å². The molecule has 724 valence electrons. The van der Waals surface area contributed by atoms with Crippen molar-refractivity contribution in [2.45, 2.75) is 60.4 Å². The van der Waals surface area contributed by atoms with Gasteiger partial charge in [0.2, 0.25) is 5.88 Å². The van der Waals surface area contributed by atoms with E-state index in [1.165, 1.54) is 0 Å². The average molecular weight is 1970 g/mol. The van der Waals surface area contributed by atoms with Crippen LogP contribution in [0.3, 0.4) is 0 Å². The second kappa shape index (κ2) is 50.0. The van der Waals surface area contributed by atoms with E-state index in [0.29, 0.717) is 42.5 Å². The van der Waals surface area contributed by atoms with E-state index in [1.807, 2.05) is 151 Å². The van der Waals surface area contributed by atoms with E-state index in [0.717, 1.165) is 292 Å². The number of rotatable bonds is 29. The first kappa shape index (κ1) is 99.0. The summed E-state index contributed by atoms with van der Waals surface area (Å²) in [5.74, 6) is 11.7. The number of piperidine rings is 1. The summed E-state index contributed by atoms with van der Waals surface area (Å²) in [5, 5.41) is 29.6. The molecule has 5 fully saturated rings. The van der Waals surface area contributed by atoms with Crippen molar-refractivity contribution in [1.29, 1.82) is 0 Å². The van der Waals surface area contributed by atoms with Gasteiger partial charge in [-0.1, -0.05) is 63.6 Å². The summed E-state index contributed by atoms with van der Waals surface area (Å²) in [6, 6.07) is 30.2. The van der Waals surface area contributed by atoms with E-state index in [1.54, 1.807) is 125 Å². The molecule has 0 atom stereocenters. The van der Waals surface area contributed by atoms with E-state index in [2.05, 4.69) is 191 Å². The normalized spacial score (nSPS) is 15.0. The van der Waals surface area contributed by atoms with E-state index < -0.39 is 0 Å². The molecule has 139 heavy (non-hydrogen) atoms. The number of aliphatic hydroxyl groups is 1. The van der Waals surface area contributed by atoms with Crippen LogP contribution in [-0.2, 0) is 4.74 Å². The summed E-state index contributed by atoms with van der Waals surface area (Å²) in [6.45, 7) is 32.0. The first-order valence-corrected chi connectivity index (χ1v) is 50.4. The molecule has 20 heterocycles. The van der Waals surface area contributed by atoms with Crippen molar-refractivity contribution >= 4 is 135 Å². The summed E-state index contributed by atoms with van der Waals surface area (Å²) in [4.78, 5) is 114. The Morgan fingerprint density at radius 2 is 0.640 bits per heavy atom. The second-order valence-electron chi connectivity index (χ2n) is 33.2. The van der Waals surface area contributed by atoms with Crippen LogP contribution in [0.5, 0.6) is 5.88 Å². The lowest BCUT2D eigenvalue weighted by Gasteiger charge is -2.35. The van der Waals surface area contributed by atoms with Gasteiger partial charge < -0.3 is 70.6 Å². The quantitative estimate of drug-likeness (QED) is 0.0253. The molecule has 20 rings (SSSR count). The highest BCUT2D eigenvalue weighted by Crippen LogP contribution is 2.38. The Hall–Kier alpha value is -13.1. The Balaban J connectivity index is 0.000000125. The number of pyridine rings is 5. The predicted octanol–water partition coefficient (Wildman–Crippen LogP) is 14.8. The van der Waals surface area contributed by atoms with Crippen LogP contribution >= 0.6 is 56.7 Å². The number of thiazole rings is 5. The molecule has 0 aliphatic carbocycles. The minimum atomic E-state index is -0.296. The number of morpholine rings is 1. The zero-order valence-corrected chi connectivity index (χ0v) is 83.2. The van der Waals surface area contributed by atoms with Crippen LogP contribution in [0.15, 0.2) is 184 Å². The minimum Gasteiger partial charge on any atom is -0.476 e. The molecule has 5 saturated heterocycles. The number of aliphatic hydroxyl groups excluding tert-OH is 1. The number of ether oxygens (including phenoxy) is 2. The maximum atomic E-state index is 12.5. The highest BCUT2D eigenvalue weighted by atomic mass is 32.1. The van der Waals surface area contributed by atoms with Crippen molar-refractivity contribution in [3.8, 4) is 58.1 Å². The van der Waals surface area contributed by atoms with Gasteiger partial charge in [0, 0.05) is 254 Å². The van der Waals surface area contributed by atoms with Gasteiger partial charge in [-0.25, -0.2) is 74.2 Å². The molecule has 37 nitrogen and oxygen atoms in total. The Morgan fingerprint density at radius 3 is 0.935 bits per heavy atom. The zero-order valence-electron chi connectivity index (χ0n) is 79.1. The van der Waals surface area contributed by atoms with E-state index in [4.69, 9.17) is 14.6 Å². The van der Waals surface area contributed by atoms with Gasteiger partial charge in [-0.3, -0.25) is 39.6 Å². The summed E-state index contributed by atoms with van der Waals surface area (Å²) < 4.78 is 23.7. The van der Waals surface area contributed by atoms with Gasteiger partial charge in [0.25, 0.3) is 0 Å². The Labute approximate surface area is 828 Å². The smallest absolute Gasteiger partial charge is 0.218 e. The molecule has 0 unspecified atom stereocenters. The lowest BCUT2D eigenvalue weighted by atomic mass is 10.0. The molecule has 0 bridgehead atoms. The molecule has 0 spiro atoms. The SMILES string of the molecule is CCN1CCN(c2cc(Nc3ncc(-c4ccncc4)s3)nc(C)n2)CC1.Cc1nc(Nc2ncc(-c3ccncc3)s2)cc(N2CCC(N(C)C)CC2)n1.Cc1nc(Nc2ncc(-c3ccncc3)s2)cc(N2CCN(CCF)CC2)n1.Cc1nc(Nc2ncc(-c3ccncc3)s2)cc(N2CCN(CCO)CC2)n1.Cc1nc(Nc2ncc(-c3ccncc3)s2)cc(OCCN2CCOCC2)n1. The fraction of sp³-hybridized carbons (Fsp3) is 0.375. The number of nitrogens with zero attached hydrogens (tertiary/aromatic N) is 29. The fourth-order valence-electron chi connectivity index (χ4n) is 15.9. The first-order valence-electron chi connectivity index (χ1n) is 46.4. The molecule has 15 aromatic rings. The third-order valence-corrected chi connectivity index (χ3v) is 28.1. The van der Waals surface area contributed by atoms with E-state index in [9.17, 15) is 4.39 Å². The van der Waals surface area contributed by atoms with Crippen LogP contribution in [0.25, 0.3) is 52.2 Å². The molecule has 0 amide bonds. The number of aryl methyl sites for hydroxylation is 5. The standard InChI is InChI=1S/C20H25N7S.C19H22FN7S.C19H23N7OS.C19H23N7S.C19H22N6O2S/c1-14-23-18(12-19(24-14)27-10-6-16(7-11-27)26(2)3)25-20-22-13-17(28-20)15-4-8-21-9-5-15;1-14-23-17(12-18(24-14)27-10-8-26(7-4-20)9-11-27)25-19-22-13-16(28-19)15-2-5-21-6-3-15;1-14-22-17(12-18(23-14)26-8-6-25(7-9-26)10-11-27)24-19-21-13-16(28-19)15-2-4-20-5-3-15;1-3-25-8-10-26(11-9-25)18-12-17(22-14(2)23-18)24-19-21-13-16(27-19)15-4-6-20-7-5-15;1-14-22-17(12-18(23-14)27-11-8-25-6-9-26-10-7-25)24-19-21-13-16(28-19)15-2-4-20-5-3-15/h4-5,8-9,12-13,16H,6-7,10-11H2,1-3H3,(H,22,23,24,25);2-3,5-6,12-13H,4,7-11H2,1H3,(H,22,23,24,25);2-5,12-13,27H,6-11H2,1H3,(H,21,22,23,24);4-7,12-13H,3,8-11H2,1-2H3,(H,21,22,23,24);2-5,12-13H,6-11H2,1H3,(H,21,22,23,24). The number of nitrogens with one attached hydrogen (secondary N) is 5. The second-order valence-corrected chi connectivity index (χ2v) is 38.4. The van der Waals surface area contributed by atoms with E-state index in [-0.39, 0.29) is 13.3 Å². The number of halogens is 1. The first-order chi connectivity index (χ1) is 68.0. The Bertz CT molecular complexity index is 6120. The van der Waals surface area contributed by atoms with Crippen LogP contribution < -0.4 is 50.9 Å². The minimum absolute atomic E-state index is 0.204. The number of anilines is 14. The zero-order chi connectivity index (χ0) is 96.0. The fourth-order valence-corrected chi connectivity index (χ4v) is 20.1. The number of piperazine rings is 3. The van der Waals surface area contributed by atoms with Crippen LogP contribution in [0.2, 0.25) is 0 Å². The number of likely N-dealkylation sites (N-methyl/N-ethyl adjacent to an activating group) is 1. The molecule has 0 saturated carbocycles. The molecular weight excluding hydrogens is 1860 g/mol. The van der Waals surface area contributed by atoms with Gasteiger partial charge in [-0.15, -0.1) is 0 Å². The number of β-amino-alcohol motifs (C(OH)–C–C–N with tert-alkyl or cyclic N) is 1. The average Bonchev–Trinajstić information content (AvgIpc) is 1.74. The van der Waals surface area contributed by atoms with Gasteiger partial charge in [0.15, 0.2) is 25.7 Å². The third kappa shape index (κ3) is 29.3. The highest BCUT2D eigenvalue weighted by molar-refractivity contribution is 7.20. The molecular formula is C96H115FN34O3S5. The van der Waals surface area contributed by atoms with E-state index >= 15 is 0 Å². The number of aromatic nitrogens is 20. The predicted molar refractivity (Wildman–Crippen MR) is 553 cm³/mol. The van der Waals surface area contributed by atoms with Crippen LogP contribution in [0.1, 0.15) is 48.9 Å². The van der Waals surface area contributed by atoms with Gasteiger partial charge in [0.1, 0.15) is 94.8 Å². The van der Waals surface area contributed by atoms with Crippen molar-refractivity contribution in [2.75, 3.05) is 224 Å². The molecule has 15 aromatic heterocycles. The van der Waals surface area contributed by atoms with Gasteiger partial charge >= 0.3 is 0 Å². The summed E-state index contributed by atoms with van der Waals surface area (Å²) in [7, 11) is 4.32. The molecule has 43 heteroatoms. The van der Waals surface area contributed by atoms with Crippen molar-refractivity contribution < 1.29 is 19.0 Å². The molecule has 0 radical (unpaired) electrons. The Kier molecular flexibility index (Phi) is 35.6. The number of hydrogen-bond acceptors (Lipinski definition) is 42. The van der Waals surface area contributed by atoms with Crippen molar-refractivity contribution in [3.05, 3.63) is 213 Å². The van der Waals surface area contributed by atoms with Crippen LogP contribution in [0, 0.1) is 34.6 Å². The van der Waals surface area contributed by atoms with Gasteiger partial charge in [-0.2, -0.15) is 4.98 Å². The van der Waals surface area contributed by atoms with Gasteiger partial charge in [-0.05, 0) is 157 Å². The molecule has 6 N–H and O–H groups in total. The van der Waals surface area contributed by atoms with Gasteiger partial charge in [0.05, 0.1) is 44.2 Å². The Morgan fingerprint density at radius 1 is 0.360 bits per heavy atom. The van der Waals surface area contributed by atoms with Crippen molar-refractivity contribution in [3.63, 3.8) is 0 Å². The van der Waals surface area contributed by atoms with Crippen molar-refractivity contribution in [2.24, 2.45) is 0 Å². The lowest BCUT2D eigenvalue weighted by molar-refractivity contribution is 0.0320. The lowest BCUT2D eigenvalue weighted by Crippen LogP contribution is -2.47. The molecule has 5 aliphatic rings. The monoisotopic (exact) mass is 1970 g/mol. The maximum absolute atomic E-state index is 12.5. The topological polar surface area (TPSA) is 386 Å². The molecule has 5 aliphatic heterocycles. The summed E-state index contributed by atoms with van der Waals surface area (Å²) in [6.07, 6.45) is 29.4. The third-order valence-electron chi connectivity index (χ3n) is 23.3.